The summed E-state index contributed by atoms with van der Waals surface area (Å²) in [5.41, 5.74) is 3.24. The van der Waals surface area contributed by atoms with Crippen LogP contribution in [0.5, 0.6) is 0 Å². The zero-order valence-corrected chi connectivity index (χ0v) is 14.4. The second-order valence-electron chi connectivity index (χ2n) is 5.49. The summed E-state index contributed by atoms with van der Waals surface area (Å²) in [6.45, 7) is 2.30. The number of hydrogen-bond acceptors (Lipinski definition) is 5. The lowest BCUT2D eigenvalue weighted by molar-refractivity contribution is -0.137. The molecule has 0 bridgehead atoms. The number of aryl methyl sites for hydroxylation is 2. The van der Waals surface area contributed by atoms with Crippen LogP contribution in [0.3, 0.4) is 0 Å². The van der Waals surface area contributed by atoms with Crippen molar-refractivity contribution in [2.45, 2.75) is 19.8 Å². The largest absolute Gasteiger partial charge is 0.465 e. The van der Waals surface area contributed by atoms with Gasteiger partial charge in [-0.05, 0) is 55.7 Å². The highest BCUT2D eigenvalue weighted by Crippen LogP contribution is 2.08. The van der Waals surface area contributed by atoms with Crippen molar-refractivity contribution in [3.8, 4) is 0 Å². The molecule has 0 amide bonds. The molecule has 1 heterocycles. The van der Waals surface area contributed by atoms with Gasteiger partial charge in [0.15, 0.2) is 0 Å². The van der Waals surface area contributed by atoms with Gasteiger partial charge in [-0.2, -0.15) is 0 Å². The van der Waals surface area contributed by atoms with E-state index < -0.39 is 11.9 Å². The quantitative estimate of drug-likeness (QED) is 0.440. The van der Waals surface area contributed by atoms with Crippen LogP contribution >= 0.6 is 0 Å². The number of esters is 2. The molecular formula is C20H21NO4. The molecule has 0 fully saturated rings. The van der Waals surface area contributed by atoms with Gasteiger partial charge in [-0.1, -0.05) is 18.2 Å². The molecule has 1 aromatic carbocycles. The molecule has 2 rings (SSSR count). The van der Waals surface area contributed by atoms with Gasteiger partial charge in [0, 0.05) is 17.5 Å². The number of pyridine rings is 1. The molecule has 0 aliphatic heterocycles. The lowest BCUT2D eigenvalue weighted by Crippen LogP contribution is -2.04. The number of carbonyl (C=O) groups excluding carboxylic acids is 2. The Morgan fingerprint density at radius 2 is 1.88 bits per heavy atom. The van der Waals surface area contributed by atoms with E-state index in [-0.39, 0.29) is 0 Å². The van der Waals surface area contributed by atoms with Gasteiger partial charge in [0.25, 0.3) is 0 Å². The number of methoxy groups -OCH3 is 1. The summed E-state index contributed by atoms with van der Waals surface area (Å²) in [5.74, 6) is -0.785. The van der Waals surface area contributed by atoms with Gasteiger partial charge >= 0.3 is 11.9 Å². The van der Waals surface area contributed by atoms with Crippen molar-refractivity contribution in [1.29, 1.82) is 0 Å². The fourth-order valence-electron chi connectivity index (χ4n) is 2.23. The van der Waals surface area contributed by atoms with Crippen molar-refractivity contribution in [3.05, 3.63) is 71.1 Å². The lowest BCUT2D eigenvalue weighted by Gasteiger charge is -2.03. The number of hydrogen-bond donors (Lipinski definition) is 0. The SMILES string of the molecule is COC(=O)c1ccc(/C=C/C(=O)OCCCc2cccc(C)n2)cc1. The van der Waals surface area contributed by atoms with Crippen LogP contribution in [-0.4, -0.2) is 30.6 Å². The number of nitrogens with zero attached hydrogens (tertiary/aromatic N) is 1. The maximum absolute atomic E-state index is 11.7. The zero-order valence-electron chi connectivity index (χ0n) is 14.4. The summed E-state index contributed by atoms with van der Waals surface area (Å²) in [6.07, 6.45) is 4.51. The predicted molar refractivity (Wildman–Crippen MR) is 95.1 cm³/mol. The van der Waals surface area contributed by atoms with Crippen molar-refractivity contribution >= 4 is 18.0 Å². The van der Waals surface area contributed by atoms with Crippen LogP contribution in [0.15, 0.2) is 48.5 Å². The molecule has 0 N–H and O–H groups in total. The number of carbonyl (C=O) groups is 2. The fourth-order valence-corrected chi connectivity index (χ4v) is 2.23. The minimum Gasteiger partial charge on any atom is -0.465 e. The molecule has 0 saturated heterocycles. The first-order valence-electron chi connectivity index (χ1n) is 8.04. The third-order valence-corrected chi connectivity index (χ3v) is 3.51. The smallest absolute Gasteiger partial charge is 0.337 e. The Morgan fingerprint density at radius 3 is 2.56 bits per heavy atom. The monoisotopic (exact) mass is 339 g/mol. The van der Waals surface area contributed by atoms with E-state index in [1.165, 1.54) is 13.2 Å². The van der Waals surface area contributed by atoms with E-state index in [2.05, 4.69) is 9.72 Å². The molecule has 0 saturated carbocycles. The number of rotatable bonds is 7. The number of aromatic nitrogens is 1. The third-order valence-electron chi connectivity index (χ3n) is 3.51. The van der Waals surface area contributed by atoms with Crippen LogP contribution in [0.25, 0.3) is 6.08 Å². The van der Waals surface area contributed by atoms with E-state index in [1.807, 2.05) is 25.1 Å². The molecule has 0 radical (unpaired) electrons. The lowest BCUT2D eigenvalue weighted by atomic mass is 10.1. The standard InChI is InChI=1S/C20H21NO4/c1-15-5-3-6-18(21-15)7-4-14-25-19(22)13-10-16-8-11-17(12-9-16)20(23)24-2/h3,5-6,8-13H,4,7,14H2,1-2H3/b13-10+. The minimum atomic E-state index is -0.394. The minimum absolute atomic E-state index is 0.347. The number of benzene rings is 1. The van der Waals surface area contributed by atoms with E-state index in [0.29, 0.717) is 12.2 Å². The molecule has 0 aliphatic carbocycles. The van der Waals surface area contributed by atoms with Crippen molar-refractivity contribution in [1.82, 2.24) is 4.98 Å². The van der Waals surface area contributed by atoms with Gasteiger partial charge in [0.1, 0.15) is 0 Å². The summed E-state index contributed by atoms with van der Waals surface area (Å²) in [7, 11) is 1.33. The summed E-state index contributed by atoms with van der Waals surface area (Å²) >= 11 is 0. The second kappa shape index (κ2) is 9.37. The molecule has 0 unspecified atom stereocenters. The van der Waals surface area contributed by atoms with E-state index >= 15 is 0 Å². The second-order valence-corrected chi connectivity index (χ2v) is 5.49. The van der Waals surface area contributed by atoms with Crippen LogP contribution in [0.4, 0.5) is 0 Å². The van der Waals surface area contributed by atoms with Crippen molar-refractivity contribution in [3.63, 3.8) is 0 Å². The molecule has 1 aromatic heterocycles. The first-order chi connectivity index (χ1) is 12.1. The summed E-state index contributed by atoms with van der Waals surface area (Å²) in [4.78, 5) is 27.4. The van der Waals surface area contributed by atoms with Gasteiger partial charge < -0.3 is 9.47 Å². The fraction of sp³-hybridized carbons (Fsp3) is 0.250. The normalized spacial score (nSPS) is 10.6. The molecule has 2 aromatic rings. The van der Waals surface area contributed by atoms with Crippen LogP contribution in [-0.2, 0) is 20.7 Å². The molecular weight excluding hydrogens is 318 g/mol. The Kier molecular flexibility index (Phi) is 6.89. The first-order valence-corrected chi connectivity index (χ1v) is 8.04. The molecule has 5 heteroatoms. The van der Waals surface area contributed by atoms with E-state index in [4.69, 9.17) is 4.74 Å². The highest BCUT2D eigenvalue weighted by molar-refractivity contribution is 5.90. The molecule has 0 atom stereocenters. The molecule has 5 nitrogen and oxygen atoms in total. The van der Waals surface area contributed by atoms with Gasteiger partial charge in [-0.25, -0.2) is 9.59 Å². The molecule has 130 valence electrons. The predicted octanol–water partition coefficient (Wildman–Crippen LogP) is 3.37. The van der Waals surface area contributed by atoms with E-state index in [0.717, 1.165) is 29.8 Å². The van der Waals surface area contributed by atoms with Crippen LogP contribution in [0.2, 0.25) is 0 Å². The Morgan fingerprint density at radius 1 is 1.12 bits per heavy atom. The van der Waals surface area contributed by atoms with Crippen molar-refractivity contribution in [2.24, 2.45) is 0 Å². The highest BCUT2D eigenvalue weighted by atomic mass is 16.5. The topological polar surface area (TPSA) is 65.5 Å². The number of ether oxygens (including phenoxy) is 2. The van der Waals surface area contributed by atoms with Gasteiger partial charge in [0.2, 0.25) is 0 Å². The summed E-state index contributed by atoms with van der Waals surface area (Å²) in [5, 5.41) is 0. The third kappa shape index (κ3) is 6.22. The maximum atomic E-state index is 11.7. The zero-order chi connectivity index (χ0) is 18.1. The Balaban J connectivity index is 1.74. The average Bonchev–Trinajstić information content (AvgIpc) is 2.63. The summed E-state index contributed by atoms with van der Waals surface area (Å²) < 4.78 is 9.80. The first kappa shape index (κ1) is 18.4. The van der Waals surface area contributed by atoms with Gasteiger partial charge in [-0.15, -0.1) is 0 Å². The Labute approximate surface area is 147 Å². The summed E-state index contributed by atoms with van der Waals surface area (Å²) in [6, 6.07) is 12.6. The van der Waals surface area contributed by atoms with Crippen LogP contribution < -0.4 is 0 Å². The van der Waals surface area contributed by atoms with Crippen LogP contribution in [0.1, 0.15) is 33.7 Å². The maximum Gasteiger partial charge on any atom is 0.337 e. The average molecular weight is 339 g/mol. The molecule has 0 spiro atoms. The molecule has 25 heavy (non-hydrogen) atoms. The Bertz CT molecular complexity index is 751. The van der Waals surface area contributed by atoms with E-state index in [9.17, 15) is 9.59 Å². The highest BCUT2D eigenvalue weighted by Gasteiger charge is 2.04. The Hall–Kier alpha value is -2.95. The van der Waals surface area contributed by atoms with Gasteiger partial charge in [-0.3, -0.25) is 4.98 Å². The van der Waals surface area contributed by atoms with E-state index in [1.54, 1.807) is 30.3 Å². The van der Waals surface area contributed by atoms with Crippen LogP contribution in [0, 0.1) is 6.92 Å². The van der Waals surface area contributed by atoms with Crippen molar-refractivity contribution in [2.75, 3.05) is 13.7 Å². The van der Waals surface area contributed by atoms with Crippen molar-refractivity contribution < 1.29 is 19.1 Å². The molecule has 0 aliphatic rings. The van der Waals surface area contributed by atoms with Gasteiger partial charge in [0.05, 0.1) is 19.3 Å².